The highest BCUT2D eigenvalue weighted by molar-refractivity contribution is 7.90. The lowest BCUT2D eigenvalue weighted by molar-refractivity contribution is 0.539. The third-order valence-corrected chi connectivity index (χ3v) is 3.91. The Morgan fingerprint density at radius 1 is 1.30 bits per heavy atom. The van der Waals surface area contributed by atoms with Crippen LogP contribution in [-0.4, -0.2) is 39.9 Å². The summed E-state index contributed by atoms with van der Waals surface area (Å²) in [5.74, 6) is 0.199. The molecule has 0 saturated heterocycles. The number of halogens is 1. The van der Waals surface area contributed by atoms with Crippen LogP contribution in [-0.2, 0) is 16.4 Å². The summed E-state index contributed by atoms with van der Waals surface area (Å²) < 4.78 is 36.8. The number of aryl methyl sites for hydroxylation is 1. The molecule has 0 aliphatic carbocycles. The number of rotatable bonds is 6. The van der Waals surface area contributed by atoms with Gasteiger partial charge < -0.3 is 10.3 Å². The van der Waals surface area contributed by atoms with Crippen LogP contribution in [0.15, 0.2) is 6.33 Å². The number of nitrogen functional groups attached to an aromatic ring is 1. The minimum Gasteiger partial charge on any atom is -0.382 e. The van der Waals surface area contributed by atoms with E-state index < -0.39 is 15.9 Å². The molecular formula is C11H16FN5O2S. The highest BCUT2D eigenvalue weighted by atomic mass is 32.2. The third kappa shape index (κ3) is 3.62. The van der Waals surface area contributed by atoms with E-state index in [4.69, 9.17) is 5.73 Å². The summed E-state index contributed by atoms with van der Waals surface area (Å²) in [5, 5.41) is 0. The van der Waals surface area contributed by atoms with Crippen molar-refractivity contribution < 1.29 is 12.8 Å². The van der Waals surface area contributed by atoms with E-state index in [1.165, 1.54) is 12.6 Å². The van der Waals surface area contributed by atoms with Crippen LogP contribution in [0.1, 0.15) is 19.3 Å². The molecule has 2 heterocycles. The SMILES string of the molecule is CS(=O)(=O)CCCCCn1cnc2c(N)nc(F)nc21. The summed E-state index contributed by atoms with van der Waals surface area (Å²) in [7, 11) is -2.91. The summed E-state index contributed by atoms with van der Waals surface area (Å²) in [6.07, 6.45) is 4.00. The number of unbranched alkanes of at least 4 members (excludes halogenated alkanes) is 2. The number of imidazole rings is 1. The Bertz CT molecular complexity index is 713. The van der Waals surface area contributed by atoms with Crippen LogP contribution in [0.4, 0.5) is 10.2 Å². The first kappa shape index (κ1) is 14.6. The summed E-state index contributed by atoms with van der Waals surface area (Å²) in [6.45, 7) is 0.580. The van der Waals surface area contributed by atoms with Crippen LogP contribution in [0.3, 0.4) is 0 Å². The van der Waals surface area contributed by atoms with Crippen molar-refractivity contribution in [2.24, 2.45) is 0 Å². The van der Waals surface area contributed by atoms with Crippen LogP contribution in [0.5, 0.6) is 0 Å². The summed E-state index contributed by atoms with van der Waals surface area (Å²) >= 11 is 0. The van der Waals surface area contributed by atoms with Gasteiger partial charge in [0.2, 0.25) is 0 Å². The monoisotopic (exact) mass is 301 g/mol. The van der Waals surface area contributed by atoms with Gasteiger partial charge >= 0.3 is 6.08 Å². The van der Waals surface area contributed by atoms with E-state index in [0.717, 1.165) is 12.8 Å². The molecule has 0 unspecified atom stereocenters. The molecule has 0 aliphatic rings. The Labute approximate surface area is 116 Å². The van der Waals surface area contributed by atoms with Gasteiger partial charge in [0.15, 0.2) is 11.5 Å². The van der Waals surface area contributed by atoms with Crippen molar-refractivity contribution in [1.29, 1.82) is 0 Å². The highest BCUT2D eigenvalue weighted by Crippen LogP contribution is 2.16. The van der Waals surface area contributed by atoms with E-state index in [-0.39, 0.29) is 11.6 Å². The first-order valence-electron chi connectivity index (χ1n) is 6.18. The fraction of sp³-hybridized carbons (Fsp3) is 0.545. The van der Waals surface area contributed by atoms with Gasteiger partial charge in [-0.3, -0.25) is 0 Å². The van der Waals surface area contributed by atoms with Gasteiger partial charge in [-0.1, -0.05) is 6.42 Å². The molecule has 2 aromatic rings. The highest BCUT2D eigenvalue weighted by Gasteiger charge is 2.10. The Hall–Kier alpha value is -1.77. The van der Waals surface area contributed by atoms with Crippen LogP contribution < -0.4 is 5.73 Å². The maximum absolute atomic E-state index is 13.1. The summed E-state index contributed by atoms with van der Waals surface area (Å²) in [5.41, 5.74) is 6.30. The fourth-order valence-corrected chi connectivity index (χ4v) is 2.65. The molecule has 0 radical (unpaired) electrons. The quantitative estimate of drug-likeness (QED) is 0.624. The van der Waals surface area contributed by atoms with Crippen LogP contribution >= 0.6 is 0 Å². The van der Waals surface area contributed by atoms with Crippen molar-refractivity contribution in [3.63, 3.8) is 0 Å². The molecule has 2 N–H and O–H groups in total. The molecule has 2 rings (SSSR count). The average molecular weight is 301 g/mol. The molecule has 0 saturated carbocycles. The zero-order chi connectivity index (χ0) is 14.8. The van der Waals surface area contributed by atoms with Gasteiger partial charge in [0, 0.05) is 18.6 Å². The molecular weight excluding hydrogens is 285 g/mol. The number of aromatic nitrogens is 4. The molecule has 0 amide bonds. The second-order valence-electron chi connectivity index (χ2n) is 4.68. The number of anilines is 1. The number of fused-ring (bicyclic) bond motifs is 1. The van der Waals surface area contributed by atoms with Crippen LogP contribution in [0, 0.1) is 6.08 Å². The second-order valence-corrected chi connectivity index (χ2v) is 6.94. The van der Waals surface area contributed by atoms with Crippen molar-refractivity contribution in [2.45, 2.75) is 25.8 Å². The first-order chi connectivity index (χ1) is 9.37. The molecule has 0 bridgehead atoms. The molecule has 9 heteroatoms. The number of nitrogens with two attached hydrogens (primary N) is 1. The average Bonchev–Trinajstić information content (AvgIpc) is 2.70. The zero-order valence-electron chi connectivity index (χ0n) is 11.1. The van der Waals surface area contributed by atoms with E-state index in [2.05, 4.69) is 15.0 Å². The van der Waals surface area contributed by atoms with Crippen molar-refractivity contribution in [2.75, 3.05) is 17.7 Å². The lowest BCUT2D eigenvalue weighted by Crippen LogP contribution is -2.04. The van der Waals surface area contributed by atoms with Gasteiger partial charge in [-0.15, -0.1) is 0 Å². The van der Waals surface area contributed by atoms with Crippen molar-refractivity contribution >= 4 is 26.8 Å². The molecule has 0 fully saturated rings. The van der Waals surface area contributed by atoms with E-state index in [9.17, 15) is 12.8 Å². The zero-order valence-corrected chi connectivity index (χ0v) is 11.9. The van der Waals surface area contributed by atoms with E-state index >= 15 is 0 Å². The molecule has 20 heavy (non-hydrogen) atoms. The predicted molar refractivity (Wildman–Crippen MR) is 73.3 cm³/mol. The maximum atomic E-state index is 13.1. The number of sulfone groups is 1. The molecule has 0 atom stereocenters. The van der Waals surface area contributed by atoms with Gasteiger partial charge in [-0.2, -0.15) is 14.4 Å². The van der Waals surface area contributed by atoms with Crippen LogP contribution in [0.2, 0.25) is 0 Å². The minimum atomic E-state index is -2.91. The first-order valence-corrected chi connectivity index (χ1v) is 8.24. The lowest BCUT2D eigenvalue weighted by atomic mass is 10.2. The normalized spacial score (nSPS) is 12.1. The summed E-state index contributed by atoms with van der Waals surface area (Å²) in [4.78, 5) is 11.1. The van der Waals surface area contributed by atoms with Gasteiger partial charge in [0.1, 0.15) is 15.4 Å². The molecule has 0 aromatic carbocycles. The number of nitrogens with zero attached hydrogens (tertiary/aromatic N) is 4. The van der Waals surface area contributed by atoms with Gasteiger partial charge in [-0.05, 0) is 12.8 Å². The molecule has 7 nitrogen and oxygen atoms in total. The van der Waals surface area contributed by atoms with Gasteiger partial charge in [0.25, 0.3) is 0 Å². The predicted octanol–water partition coefficient (Wildman–Crippen LogP) is 0.762. The van der Waals surface area contributed by atoms with E-state index in [1.54, 1.807) is 4.57 Å². The third-order valence-electron chi connectivity index (χ3n) is 2.88. The smallest absolute Gasteiger partial charge is 0.312 e. The topological polar surface area (TPSA) is 104 Å². The maximum Gasteiger partial charge on any atom is 0.312 e. The molecule has 110 valence electrons. The Morgan fingerprint density at radius 3 is 2.75 bits per heavy atom. The van der Waals surface area contributed by atoms with Crippen LogP contribution in [0.25, 0.3) is 11.2 Å². The van der Waals surface area contributed by atoms with Crippen molar-refractivity contribution in [1.82, 2.24) is 19.5 Å². The van der Waals surface area contributed by atoms with E-state index in [0.29, 0.717) is 24.1 Å². The Morgan fingerprint density at radius 2 is 2.05 bits per heavy atom. The van der Waals surface area contributed by atoms with Gasteiger partial charge in [0.05, 0.1) is 6.33 Å². The molecule has 0 aliphatic heterocycles. The standard InChI is InChI=1S/C11H16FN5O2S/c1-20(18,19)6-4-2-3-5-17-7-14-8-9(13)15-11(12)16-10(8)17/h7H,2-6H2,1H3,(H2,13,15,16). The van der Waals surface area contributed by atoms with Crippen molar-refractivity contribution in [3.05, 3.63) is 12.4 Å². The lowest BCUT2D eigenvalue weighted by Gasteiger charge is -2.04. The Balaban J connectivity index is 1.97. The number of hydrogen-bond donors (Lipinski definition) is 1. The number of hydrogen-bond acceptors (Lipinski definition) is 6. The Kier molecular flexibility index (Phi) is 4.17. The second kappa shape index (κ2) is 5.70. The fourth-order valence-electron chi connectivity index (χ4n) is 1.93. The molecule has 0 spiro atoms. The molecule has 2 aromatic heterocycles. The van der Waals surface area contributed by atoms with E-state index in [1.807, 2.05) is 0 Å². The van der Waals surface area contributed by atoms with Gasteiger partial charge in [-0.25, -0.2) is 13.4 Å². The largest absolute Gasteiger partial charge is 0.382 e. The summed E-state index contributed by atoms with van der Waals surface area (Å²) in [6, 6.07) is 0. The minimum absolute atomic E-state index is 0.0170. The van der Waals surface area contributed by atoms with Crippen molar-refractivity contribution in [3.8, 4) is 0 Å².